The van der Waals surface area contributed by atoms with E-state index in [1.165, 1.54) is 5.57 Å². The van der Waals surface area contributed by atoms with E-state index in [2.05, 4.69) is 31.0 Å². The molecule has 0 spiro atoms. The van der Waals surface area contributed by atoms with Gasteiger partial charge in [-0.25, -0.2) is 0 Å². The fourth-order valence-corrected chi connectivity index (χ4v) is 1.14. The maximum Gasteiger partial charge on any atom is 0.0827 e. The van der Waals surface area contributed by atoms with Gasteiger partial charge in [0, 0.05) is 6.20 Å². The maximum absolute atomic E-state index is 4.18. The Morgan fingerprint density at radius 3 is 2.80 bits per heavy atom. The van der Waals surface area contributed by atoms with Gasteiger partial charge in [-0.1, -0.05) is 12.5 Å². The first-order chi connectivity index (χ1) is 4.66. The highest BCUT2D eigenvalue weighted by atomic mass is 15.1. The van der Waals surface area contributed by atoms with Gasteiger partial charge < -0.3 is 0 Å². The summed E-state index contributed by atoms with van der Waals surface area (Å²) in [5, 5.41) is 8.12. The van der Waals surface area contributed by atoms with Gasteiger partial charge in [0.25, 0.3) is 0 Å². The molecule has 0 saturated heterocycles. The standard InChI is InChI=1S/C8H14N2/c1-4-8(3)5-7(2)6-9-10-8/h6H,4-5H2,1-3H3. The van der Waals surface area contributed by atoms with Crippen LogP contribution in [-0.4, -0.2) is 5.54 Å². The molecule has 0 bridgehead atoms. The van der Waals surface area contributed by atoms with Crippen molar-refractivity contribution in [3.63, 3.8) is 0 Å². The second-order valence-corrected chi connectivity index (χ2v) is 3.22. The van der Waals surface area contributed by atoms with Crippen molar-refractivity contribution >= 4 is 0 Å². The largest absolute Gasteiger partial charge is 0.183 e. The predicted molar refractivity (Wildman–Crippen MR) is 41.9 cm³/mol. The van der Waals surface area contributed by atoms with Crippen molar-refractivity contribution in [2.24, 2.45) is 10.2 Å². The van der Waals surface area contributed by atoms with E-state index in [-0.39, 0.29) is 5.54 Å². The van der Waals surface area contributed by atoms with Gasteiger partial charge in [-0.3, -0.25) is 0 Å². The van der Waals surface area contributed by atoms with E-state index in [0.29, 0.717) is 0 Å². The molecule has 0 fully saturated rings. The molecular formula is C8H14N2. The van der Waals surface area contributed by atoms with Gasteiger partial charge in [0.1, 0.15) is 0 Å². The van der Waals surface area contributed by atoms with Gasteiger partial charge in [0.05, 0.1) is 5.54 Å². The van der Waals surface area contributed by atoms with E-state index in [0.717, 1.165) is 12.8 Å². The monoisotopic (exact) mass is 138 g/mol. The minimum absolute atomic E-state index is 0.0822. The van der Waals surface area contributed by atoms with Crippen molar-refractivity contribution in [1.82, 2.24) is 0 Å². The molecule has 1 rings (SSSR count). The third kappa shape index (κ3) is 1.43. The lowest BCUT2D eigenvalue weighted by Crippen LogP contribution is -2.21. The van der Waals surface area contributed by atoms with Crippen molar-refractivity contribution in [1.29, 1.82) is 0 Å². The highest BCUT2D eigenvalue weighted by Gasteiger charge is 2.23. The first-order valence-electron chi connectivity index (χ1n) is 3.74. The lowest BCUT2D eigenvalue weighted by Gasteiger charge is -2.24. The molecule has 0 aliphatic carbocycles. The maximum atomic E-state index is 4.18. The summed E-state index contributed by atoms with van der Waals surface area (Å²) in [5.41, 5.74) is 1.41. The summed E-state index contributed by atoms with van der Waals surface area (Å²) >= 11 is 0. The van der Waals surface area contributed by atoms with Crippen LogP contribution in [0, 0.1) is 0 Å². The molecule has 1 heterocycles. The first-order valence-corrected chi connectivity index (χ1v) is 3.74. The number of rotatable bonds is 1. The van der Waals surface area contributed by atoms with Crippen LogP contribution in [0.4, 0.5) is 0 Å². The molecule has 0 aromatic carbocycles. The van der Waals surface area contributed by atoms with Crippen molar-refractivity contribution in [2.45, 2.75) is 39.2 Å². The Labute approximate surface area is 62.0 Å². The quantitative estimate of drug-likeness (QED) is 0.532. The molecule has 0 radical (unpaired) electrons. The Morgan fingerprint density at radius 2 is 2.40 bits per heavy atom. The smallest absolute Gasteiger partial charge is 0.0827 e. The molecule has 1 aliphatic rings. The molecular weight excluding hydrogens is 124 g/mol. The summed E-state index contributed by atoms with van der Waals surface area (Å²) in [6.07, 6.45) is 3.98. The average Bonchev–Trinajstić information content (AvgIpc) is 1.88. The second-order valence-electron chi connectivity index (χ2n) is 3.22. The zero-order chi connectivity index (χ0) is 7.61. The van der Waals surface area contributed by atoms with Gasteiger partial charge in [0.2, 0.25) is 0 Å². The van der Waals surface area contributed by atoms with Crippen LogP contribution in [0.25, 0.3) is 0 Å². The Bertz CT molecular complexity index is 182. The Morgan fingerprint density at radius 1 is 1.70 bits per heavy atom. The van der Waals surface area contributed by atoms with Crippen molar-refractivity contribution in [3.8, 4) is 0 Å². The van der Waals surface area contributed by atoms with Crippen molar-refractivity contribution in [3.05, 3.63) is 11.8 Å². The van der Waals surface area contributed by atoms with E-state index in [9.17, 15) is 0 Å². The summed E-state index contributed by atoms with van der Waals surface area (Å²) in [5.74, 6) is 0. The Balaban J connectivity index is 2.71. The fourth-order valence-electron chi connectivity index (χ4n) is 1.14. The summed E-state index contributed by atoms with van der Waals surface area (Å²) in [7, 11) is 0. The lowest BCUT2D eigenvalue weighted by molar-refractivity contribution is 0.419. The molecule has 2 nitrogen and oxygen atoms in total. The zero-order valence-corrected chi connectivity index (χ0v) is 6.89. The van der Waals surface area contributed by atoms with Crippen LogP contribution in [0.15, 0.2) is 22.0 Å². The Kier molecular flexibility index (Phi) is 1.88. The summed E-state index contributed by atoms with van der Waals surface area (Å²) < 4.78 is 0. The number of azo groups is 1. The van der Waals surface area contributed by atoms with Crippen LogP contribution in [0.2, 0.25) is 0 Å². The van der Waals surface area contributed by atoms with Gasteiger partial charge in [-0.2, -0.15) is 10.2 Å². The first kappa shape index (κ1) is 7.45. The van der Waals surface area contributed by atoms with Crippen LogP contribution in [-0.2, 0) is 0 Å². The molecule has 0 aromatic heterocycles. The van der Waals surface area contributed by atoms with Gasteiger partial charge in [-0.05, 0) is 26.7 Å². The highest BCUT2D eigenvalue weighted by Crippen LogP contribution is 2.27. The summed E-state index contributed by atoms with van der Waals surface area (Å²) in [6, 6.07) is 0. The van der Waals surface area contributed by atoms with Gasteiger partial charge >= 0.3 is 0 Å². The normalized spacial score (nSPS) is 32.1. The minimum atomic E-state index is 0.0822. The van der Waals surface area contributed by atoms with Crippen LogP contribution in [0.3, 0.4) is 0 Å². The zero-order valence-electron chi connectivity index (χ0n) is 6.89. The van der Waals surface area contributed by atoms with Crippen LogP contribution in [0.1, 0.15) is 33.6 Å². The number of nitrogens with zero attached hydrogens (tertiary/aromatic N) is 2. The minimum Gasteiger partial charge on any atom is -0.183 e. The third-order valence-corrected chi connectivity index (χ3v) is 2.00. The van der Waals surface area contributed by atoms with Crippen LogP contribution >= 0.6 is 0 Å². The van der Waals surface area contributed by atoms with E-state index < -0.39 is 0 Å². The van der Waals surface area contributed by atoms with Crippen LogP contribution in [0.5, 0.6) is 0 Å². The van der Waals surface area contributed by atoms with Crippen molar-refractivity contribution in [2.75, 3.05) is 0 Å². The van der Waals surface area contributed by atoms with Gasteiger partial charge in [0.15, 0.2) is 0 Å². The molecule has 0 saturated carbocycles. The van der Waals surface area contributed by atoms with Crippen LogP contribution < -0.4 is 0 Å². The lowest BCUT2D eigenvalue weighted by atomic mass is 9.91. The summed E-state index contributed by atoms with van der Waals surface area (Å²) in [4.78, 5) is 0. The molecule has 0 N–H and O–H groups in total. The SMILES string of the molecule is CCC1(C)CC(C)=CN=N1. The van der Waals surface area contributed by atoms with E-state index >= 15 is 0 Å². The molecule has 1 aliphatic heterocycles. The van der Waals surface area contributed by atoms with E-state index in [4.69, 9.17) is 0 Å². The Hall–Kier alpha value is -0.660. The average molecular weight is 138 g/mol. The highest BCUT2D eigenvalue weighted by molar-refractivity contribution is 5.06. The molecule has 10 heavy (non-hydrogen) atoms. The molecule has 1 unspecified atom stereocenters. The molecule has 2 heteroatoms. The van der Waals surface area contributed by atoms with E-state index in [1.54, 1.807) is 0 Å². The topological polar surface area (TPSA) is 24.7 Å². The molecule has 56 valence electrons. The molecule has 0 amide bonds. The predicted octanol–water partition coefficient (Wildman–Crippen LogP) is 2.91. The van der Waals surface area contributed by atoms with E-state index in [1.807, 2.05) is 6.20 Å². The van der Waals surface area contributed by atoms with Crippen molar-refractivity contribution < 1.29 is 0 Å². The fraction of sp³-hybridized carbons (Fsp3) is 0.750. The van der Waals surface area contributed by atoms with Gasteiger partial charge in [-0.15, -0.1) is 0 Å². The molecule has 1 atom stereocenters. The summed E-state index contributed by atoms with van der Waals surface area (Å²) in [6.45, 7) is 6.40. The number of hydrogen-bond acceptors (Lipinski definition) is 2. The second kappa shape index (κ2) is 2.52. The molecule has 0 aromatic rings. The third-order valence-electron chi connectivity index (χ3n) is 2.00. The number of hydrogen-bond donors (Lipinski definition) is 0.